The SMILES string of the molecule is OC(COc1cccc(CNC2CCCC2)c1)CN1Cc2ccccc2C1. The van der Waals surface area contributed by atoms with Crippen molar-refractivity contribution in [3.05, 3.63) is 65.2 Å². The summed E-state index contributed by atoms with van der Waals surface area (Å²) in [6.07, 6.45) is 4.80. The summed E-state index contributed by atoms with van der Waals surface area (Å²) >= 11 is 0. The van der Waals surface area contributed by atoms with Crippen molar-refractivity contribution in [3.8, 4) is 5.75 Å². The fourth-order valence-electron chi connectivity index (χ4n) is 4.21. The maximum atomic E-state index is 10.4. The van der Waals surface area contributed by atoms with Crippen LogP contribution in [0.4, 0.5) is 0 Å². The van der Waals surface area contributed by atoms with E-state index in [-0.39, 0.29) is 0 Å². The minimum absolute atomic E-state index is 0.326. The maximum absolute atomic E-state index is 10.4. The lowest BCUT2D eigenvalue weighted by Crippen LogP contribution is -2.32. The molecule has 0 radical (unpaired) electrons. The predicted molar refractivity (Wildman–Crippen MR) is 108 cm³/mol. The number of rotatable bonds is 8. The molecule has 2 aliphatic rings. The topological polar surface area (TPSA) is 44.7 Å². The van der Waals surface area contributed by atoms with Crippen LogP contribution in [0.5, 0.6) is 5.75 Å². The van der Waals surface area contributed by atoms with E-state index < -0.39 is 6.10 Å². The summed E-state index contributed by atoms with van der Waals surface area (Å²) in [6, 6.07) is 17.4. The molecule has 1 saturated carbocycles. The number of nitrogens with one attached hydrogen (secondary N) is 1. The van der Waals surface area contributed by atoms with Gasteiger partial charge in [0.15, 0.2) is 0 Å². The lowest BCUT2D eigenvalue weighted by molar-refractivity contribution is 0.0672. The van der Waals surface area contributed by atoms with Gasteiger partial charge in [-0.3, -0.25) is 4.90 Å². The van der Waals surface area contributed by atoms with Gasteiger partial charge < -0.3 is 15.2 Å². The molecule has 4 nitrogen and oxygen atoms in total. The molecule has 2 aromatic carbocycles. The Morgan fingerprint density at radius 1 is 1.04 bits per heavy atom. The molecule has 27 heavy (non-hydrogen) atoms. The van der Waals surface area contributed by atoms with E-state index in [0.717, 1.165) is 25.4 Å². The van der Waals surface area contributed by atoms with Crippen molar-refractivity contribution in [2.45, 2.75) is 57.5 Å². The molecule has 0 amide bonds. The van der Waals surface area contributed by atoms with Crippen molar-refractivity contribution in [3.63, 3.8) is 0 Å². The quantitative estimate of drug-likeness (QED) is 0.751. The monoisotopic (exact) mass is 366 g/mol. The van der Waals surface area contributed by atoms with Crippen LogP contribution in [-0.4, -0.2) is 35.3 Å². The molecule has 2 N–H and O–H groups in total. The normalized spacial score (nSPS) is 18.6. The Hall–Kier alpha value is -1.88. The fraction of sp³-hybridized carbons (Fsp3) is 0.478. The van der Waals surface area contributed by atoms with Crippen LogP contribution < -0.4 is 10.1 Å². The van der Waals surface area contributed by atoms with E-state index in [0.29, 0.717) is 19.2 Å². The first kappa shape index (κ1) is 18.5. The molecule has 1 aliphatic carbocycles. The predicted octanol–water partition coefficient (Wildman–Crippen LogP) is 3.47. The Labute approximate surface area is 162 Å². The third-order valence-corrected chi connectivity index (χ3v) is 5.67. The highest BCUT2D eigenvalue weighted by Crippen LogP contribution is 2.22. The van der Waals surface area contributed by atoms with Crippen LogP contribution in [0.1, 0.15) is 42.4 Å². The van der Waals surface area contributed by atoms with Crippen molar-refractivity contribution in [1.29, 1.82) is 0 Å². The van der Waals surface area contributed by atoms with Gasteiger partial charge in [-0.2, -0.15) is 0 Å². The summed E-state index contributed by atoms with van der Waals surface area (Å²) in [4.78, 5) is 2.28. The third-order valence-electron chi connectivity index (χ3n) is 5.67. The zero-order valence-electron chi connectivity index (χ0n) is 15.9. The van der Waals surface area contributed by atoms with Gasteiger partial charge in [-0.15, -0.1) is 0 Å². The van der Waals surface area contributed by atoms with Crippen molar-refractivity contribution >= 4 is 0 Å². The minimum Gasteiger partial charge on any atom is -0.491 e. The number of aliphatic hydroxyl groups excluding tert-OH is 1. The first-order valence-corrected chi connectivity index (χ1v) is 10.2. The molecule has 1 aliphatic heterocycles. The van der Waals surface area contributed by atoms with Gasteiger partial charge in [-0.25, -0.2) is 0 Å². The van der Waals surface area contributed by atoms with E-state index in [4.69, 9.17) is 4.74 Å². The van der Waals surface area contributed by atoms with Gasteiger partial charge in [0.25, 0.3) is 0 Å². The van der Waals surface area contributed by atoms with Crippen LogP contribution in [0.25, 0.3) is 0 Å². The molecule has 144 valence electrons. The van der Waals surface area contributed by atoms with E-state index in [1.807, 2.05) is 12.1 Å². The van der Waals surface area contributed by atoms with Crippen LogP contribution in [0.2, 0.25) is 0 Å². The summed E-state index contributed by atoms with van der Waals surface area (Å²) in [5, 5.41) is 14.0. The van der Waals surface area contributed by atoms with Gasteiger partial charge >= 0.3 is 0 Å². The number of benzene rings is 2. The number of aliphatic hydroxyl groups is 1. The highest BCUT2D eigenvalue weighted by atomic mass is 16.5. The Morgan fingerprint density at radius 3 is 2.52 bits per heavy atom. The van der Waals surface area contributed by atoms with Crippen LogP contribution in [0.3, 0.4) is 0 Å². The van der Waals surface area contributed by atoms with Gasteiger partial charge in [-0.05, 0) is 41.7 Å². The molecule has 0 spiro atoms. The van der Waals surface area contributed by atoms with Gasteiger partial charge in [0.05, 0.1) is 0 Å². The molecule has 1 heterocycles. The molecule has 1 atom stereocenters. The molecule has 0 aromatic heterocycles. The highest BCUT2D eigenvalue weighted by Gasteiger charge is 2.21. The second kappa shape index (κ2) is 8.87. The Morgan fingerprint density at radius 2 is 1.78 bits per heavy atom. The summed E-state index contributed by atoms with van der Waals surface area (Å²) in [7, 11) is 0. The molecule has 2 aromatic rings. The molecule has 4 heteroatoms. The molecular formula is C23H30N2O2. The zero-order chi connectivity index (χ0) is 18.5. The van der Waals surface area contributed by atoms with Crippen molar-refractivity contribution < 1.29 is 9.84 Å². The first-order chi connectivity index (χ1) is 13.3. The Balaban J connectivity index is 1.22. The fourth-order valence-corrected chi connectivity index (χ4v) is 4.21. The summed E-state index contributed by atoms with van der Waals surface area (Å²) < 4.78 is 5.86. The average Bonchev–Trinajstić information content (AvgIpc) is 3.34. The van der Waals surface area contributed by atoms with Crippen LogP contribution >= 0.6 is 0 Å². The van der Waals surface area contributed by atoms with Crippen LogP contribution in [0.15, 0.2) is 48.5 Å². The second-order valence-electron chi connectivity index (χ2n) is 7.91. The number of fused-ring (bicyclic) bond motifs is 1. The van der Waals surface area contributed by atoms with Gasteiger partial charge in [0, 0.05) is 32.2 Å². The number of β-amino-alcohol motifs (C(OH)–C–C–N with tert-alkyl or cyclic N) is 1. The van der Waals surface area contributed by atoms with Crippen LogP contribution in [-0.2, 0) is 19.6 Å². The van der Waals surface area contributed by atoms with Crippen molar-refractivity contribution in [1.82, 2.24) is 10.2 Å². The zero-order valence-corrected chi connectivity index (χ0v) is 15.9. The Bertz CT molecular complexity index is 718. The number of hydrogen-bond acceptors (Lipinski definition) is 4. The molecule has 0 bridgehead atoms. The molecule has 1 fully saturated rings. The number of nitrogens with zero attached hydrogens (tertiary/aromatic N) is 1. The standard InChI is InChI=1S/C23H30N2O2/c26-22(16-25-14-19-7-1-2-8-20(19)15-25)17-27-23-11-5-6-18(12-23)13-24-21-9-3-4-10-21/h1-2,5-8,11-12,21-22,24,26H,3-4,9-10,13-17H2. The van der Waals surface area contributed by atoms with Gasteiger partial charge in [-0.1, -0.05) is 49.2 Å². The van der Waals surface area contributed by atoms with Crippen molar-refractivity contribution in [2.24, 2.45) is 0 Å². The first-order valence-electron chi connectivity index (χ1n) is 10.2. The smallest absolute Gasteiger partial charge is 0.119 e. The number of hydrogen-bond donors (Lipinski definition) is 2. The third kappa shape index (κ3) is 5.10. The Kier molecular flexibility index (Phi) is 6.07. The summed E-state index contributed by atoms with van der Waals surface area (Å²) in [5.74, 6) is 0.837. The summed E-state index contributed by atoms with van der Waals surface area (Å²) in [5.41, 5.74) is 3.98. The van der Waals surface area contributed by atoms with E-state index in [1.54, 1.807) is 0 Å². The van der Waals surface area contributed by atoms with E-state index in [1.165, 1.54) is 42.4 Å². The largest absolute Gasteiger partial charge is 0.491 e. The second-order valence-corrected chi connectivity index (χ2v) is 7.91. The van der Waals surface area contributed by atoms with Gasteiger partial charge in [0.1, 0.15) is 18.5 Å². The van der Waals surface area contributed by atoms with E-state index in [9.17, 15) is 5.11 Å². The van der Waals surface area contributed by atoms with Crippen molar-refractivity contribution in [2.75, 3.05) is 13.2 Å². The van der Waals surface area contributed by atoms with E-state index in [2.05, 4.69) is 46.6 Å². The summed E-state index contributed by atoms with van der Waals surface area (Å²) in [6.45, 7) is 3.67. The minimum atomic E-state index is -0.486. The van der Waals surface area contributed by atoms with Crippen LogP contribution in [0, 0.1) is 0 Å². The molecular weight excluding hydrogens is 336 g/mol. The van der Waals surface area contributed by atoms with Gasteiger partial charge in [0.2, 0.25) is 0 Å². The van der Waals surface area contributed by atoms with E-state index >= 15 is 0 Å². The molecule has 0 saturated heterocycles. The maximum Gasteiger partial charge on any atom is 0.119 e. The highest BCUT2D eigenvalue weighted by molar-refractivity contribution is 5.30. The molecule has 4 rings (SSSR count). The number of ether oxygens (including phenoxy) is 1. The lowest BCUT2D eigenvalue weighted by atomic mass is 10.1. The lowest BCUT2D eigenvalue weighted by Gasteiger charge is -2.20. The average molecular weight is 367 g/mol. The molecule has 1 unspecified atom stereocenters.